The van der Waals surface area contributed by atoms with Crippen LogP contribution in [0.5, 0.6) is 0 Å². The summed E-state index contributed by atoms with van der Waals surface area (Å²) in [6, 6.07) is 0. The second-order valence-corrected chi connectivity index (χ2v) is 6.19. The van der Waals surface area contributed by atoms with Gasteiger partial charge in [0.05, 0.1) is 19.1 Å². The maximum atomic E-state index is 12.0. The molecule has 1 atom stereocenters. The second kappa shape index (κ2) is 9.85. The van der Waals surface area contributed by atoms with Gasteiger partial charge in [0.1, 0.15) is 0 Å². The summed E-state index contributed by atoms with van der Waals surface area (Å²) in [4.78, 5) is 14.4. The smallest absolute Gasteiger partial charge is 0.224 e. The number of hydrogen-bond acceptors (Lipinski definition) is 4. The number of carbonyl (C=O) groups excluding carboxylic acids is 1. The van der Waals surface area contributed by atoms with Crippen LogP contribution >= 0.6 is 24.8 Å². The minimum Gasteiger partial charge on any atom is -0.378 e. The van der Waals surface area contributed by atoms with Gasteiger partial charge in [0.25, 0.3) is 0 Å². The van der Waals surface area contributed by atoms with Crippen molar-refractivity contribution in [3.8, 4) is 0 Å². The van der Waals surface area contributed by atoms with Crippen LogP contribution in [0, 0.1) is 5.92 Å². The van der Waals surface area contributed by atoms with E-state index < -0.39 is 0 Å². The van der Waals surface area contributed by atoms with E-state index in [1.807, 2.05) is 0 Å². The summed E-state index contributed by atoms with van der Waals surface area (Å²) in [6.07, 6.45) is 2.12. The molecule has 0 saturated carbocycles. The molecule has 2 rings (SSSR count). The van der Waals surface area contributed by atoms with Crippen LogP contribution in [-0.4, -0.2) is 62.3 Å². The summed E-state index contributed by atoms with van der Waals surface area (Å²) in [7, 11) is 0. The molecular formula is C14H29Cl2N3O2. The first-order valence-corrected chi connectivity index (χ1v) is 7.41. The number of piperidine rings is 1. The first kappa shape index (κ1) is 20.9. The molecule has 0 aromatic carbocycles. The van der Waals surface area contributed by atoms with Crippen molar-refractivity contribution < 1.29 is 9.53 Å². The van der Waals surface area contributed by atoms with Crippen LogP contribution in [0.15, 0.2) is 0 Å². The zero-order chi connectivity index (χ0) is 13.7. The Bertz CT molecular complexity index is 311. The molecule has 1 unspecified atom stereocenters. The molecule has 2 aliphatic rings. The van der Waals surface area contributed by atoms with Crippen LogP contribution in [0.3, 0.4) is 0 Å². The third-order valence-corrected chi connectivity index (χ3v) is 4.17. The molecule has 21 heavy (non-hydrogen) atoms. The van der Waals surface area contributed by atoms with Crippen LogP contribution in [0.2, 0.25) is 0 Å². The van der Waals surface area contributed by atoms with Crippen molar-refractivity contribution in [2.75, 3.05) is 45.9 Å². The lowest BCUT2D eigenvalue weighted by molar-refractivity contribution is -0.125. The van der Waals surface area contributed by atoms with Gasteiger partial charge in [-0.25, -0.2) is 0 Å². The van der Waals surface area contributed by atoms with Gasteiger partial charge in [0.2, 0.25) is 5.91 Å². The number of nitrogens with zero attached hydrogens (tertiary/aromatic N) is 1. The van der Waals surface area contributed by atoms with Gasteiger partial charge in [0.15, 0.2) is 0 Å². The minimum absolute atomic E-state index is 0. The van der Waals surface area contributed by atoms with Crippen molar-refractivity contribution in [3.63, 3.8) is 0 Å². The molecule has 0 bridgehead atoms. The van der Waals surface area contributed by atoms with Crippen molar-refractivity contribution in [1.82, 2.24) is 15.5 Å². The number of ether oxygens (including phenoxy) is 1. The average Bonchev–Trinajstić information content (AvgIpc) is 2.41. The Morgan fingerprint density at radius 1 is 1.43 bits per heavy atom. The van der Waals surface area contributed by atoms with E-state index in [9.17, 15) is 4.79 Å². The lowest BCUT2D eigenvalue weighted by Crippen LogP contribution is -2.55. The van der Waals surface area contributed by atoms with E-state index in [0.29, 0.717) is 0 Å². The Morgan fingerprint density at radius 3 is 2.81 bits per heavy atom. The predicted molar refractivity (Wildman–Crippen MR) is 89.6 cm³/mol. The monoisotopic (exact) mass is 341 g/mol. The molecule has 5 nitrogen and oxygen atoms in total. The molecule has 7 heteroatoms. The highest BCUT2D eigenvalue weighted by atomic mass is 35.5. The highest BCUT2D eigenvalue weighted by molar-refractivity contribution is 5.85. The van der Waals surface area contributed by atoms with Crippen molar-refractivity contribution >= 4 is 30.7 Å². The number of carbonyl (C=O) groups is 1. The summed E-state index contributed by atoms with van der Waals surface area (Å²) < 4.78 is 5.50. The molecular weight excluding hydrogens is 313 g/mol. The van der Waals surface area contributed by atoms with Gasteiger partial charge in [0, 0.05) is 31.7 Å². The fourth-order valence-corrected chi connectivity index (χ4v) is 2.84. The van der Waals surface area contributed by atoms with E-state index in [2.05, 4.69) is 29.4 Å². The number of rotatable bonds is 4. The molecule has 2 fully saturated rings. The number of morpholine rings is 1. The summed E-state index contributed by atoms with van der Waals surface area (Å²) in [5.74, 6) is 0.365. The van der Waals surface area contributed by atoms with Crippen molar-refractivity contribution in [1.29, 1.82) is 0 Å². The largest absolute Gasteiger partial charge is 0.378 e. The molecule has 0 aromatic heterocycles. The summed E-state index contributed by atoms with van der Waals surface area (Å²) in [6.45, 7) is 10.4. The zero-order valence-electron chi connectivity index (χ0n) is 13.0. The maximum absolute atomic E-state index is 12.0. The number of nitrogens with one attached hydrogen (secondary N) is 2. The number of halogens is 2. The van der Waals surface area contributed by atoms with Crippen molar-refractivity contribution in [3.05, 3.63) is 0 Å². The molecule has 2 saturated heterocycles. The van der Waals surface area contributed by atoms with E-state index in [-0.39, 0.29) is 42.2 Å². The van der Waals surface area contributed by atoms with E-state index in [1.54, 1.807) is 0 Å². The van der Waals surface area contributed by atoms with Gasteiger partial charge in [-0.1, -0.05) is 0 Å². The Morgan fingerprint density at radius 2 is 2.19 bits per heavy atom. The molecule has 0 aromatic rings. The van der Waals surface area contributed by atoms with E-state index in [0.717, 1.165) is 58.8 Å². The van der Waals surface area contributed by atoms with Crippen LogP contribution in [0.4, 0.5) is 0 Å². The first-order chi connectivity index (χ1) is 9.09. The van der Waals surface area contributed by atoms with Gasteiger partial charge in [-0.2, -0.15) is 0 Å². The Balaban J connectivity index is 0.00000200. The molecule has 0 aliphatic carbocycles. The molecule has 2 N–H and O–H groups in total. The SMILES string of the molecule is CC1(C)COCCN1CCNC(=O)C1CCCNC1.Cl.Cl. The Kier molecular flexibility index (Phi) is 9.81. The fourth-order valence-electron chi connectivity index (χ4n) is 2.84. The molecule has 2 aliphatic heterocycles. The highest BCUT2D eigenvalue weighted by Crippen LogP contribution is 2.18. The van der Waals surface area contributed by atoms with Gasteiger partial charge in [-0.3, -0.25) is 9.69 Å². The molecule has 0 spiro atoms. The number of amides is 1. The molecule has 2 heterocycles. The van der Waals surface area contributed by atoms with Crippen molar-refractivity contribution in [2.24, 2.45) is 5.92 Å². The zero-order valence-corrected chi connectivity index (χ0v) is 14.7. The predicted octanol–water partition coefficient (Wildman–Crippen LogP) is 1.06. The lowest BCUT2D eigenvalue weighted by Gasteiger charge is -2.42. The number of hydrogen-bond donors (Lipinski definition) is 2. The van der Waals surface area contributed by atoms with Gasteiger partial charge in [-0.15, -0.1) is 24.8 Å². The summed E-state index contributed by atoms with van der Waals surface area (Å²) in [5, 5.41) is 6.36. The second-order valence-electron chi connectivity index (χ2n) is 6.19. The lowest BCUT2D eigenvalue weighted by atomic mass is 9.99. The topological polar surface area (TPSA) is 53.6 Å². The van der Waals surface area contributed by atoms with Crippen LogP contribution < -0.4 is 10.6 Å². The van der Waals surface area contributed by atoms with E-state index in [1.165, 1.54) is 0 Å². The highest BCUT2D eigenvalue weighted by Gasteiger charge is 2.30. The Hall–Kier alpha value is -0.0700. The normalized spacial score (nSPS) is 25.3. The van der Waals surface area contributed by atoms with E-state index in [4.69, 9.17) is 4.74 Å². The van der Waals surface area contributed by atoms with E-state index >= 15 is 0 Å². The maximum Gasteiger partial charge on any atom is 0.224 e. The Labute approximate surface area is 140 Å². The fraction of sp³-hybridized carbons (Fsp3) is 0.929. The summed E-state index contributed by atoms with van der Waals surface area (Å²) in [5.41, 5.74) is 0.0787. The minimum atomic E-state index is 0. The van der Waals surface area contributed by atoms with Gasteiger partial charge in [-0.05, 0) is 33.2 Å². The van der Waals surface area contributed by atoms with Crippen LogP contribution in [0.25, 0.3) is 0 Å². The van der Waals surface area contributed by atoms with Gasteiger partial charge < -0.3 is 15.4 Å². The molecule has 126 valence electrons. The average molecular weight is 342 g/mol. The van der Waals surface area contributed by atoms with Crippen LogP contribution in [-0.2, 0) is 9.53 Å². The van der Waals surface area contributed by atoms with Crippen LogP contribution in [0.1, 0.15) is 26.7 Å². The van der Waals surface area contributed by atoms with Crippen molar-refractivity contribution in [2.45, 2.75) is 32.2 Å². The summed E-state index contributed by atoms with van der Waals surface area (Å²) >= 11 is 0. The van der Waals surface area contributed by atoms with Gasteiger partial charge >= 0.3 is 0 Å². The third-order valence-electron chi connectivity index (χ3n) is 4.17. The standard InChI is InChI=1S/C14H27N3O2.2ClH/c1-14(2)11-19-9-8-17(14)7-6-16-13(18)12-4-3-5-15-10-12;;/h12,15H,3-11H2,1-2H3,(H,16,18);2*1H. The third kappa shape index (κ3) is 6.28. The molecule has 1 amide bonds. The molecule has 0 radical (unpaired) electrons. The first-order valence-electron chi connectivity index (χ1n) is 7.41. The quantitative estimate of drug-likeness (QED) is 0.802.